The third-order valence-electron chi connectivity index (χ3n) is 1.91. The van der Waals surface area contributed by atoms with Gasteiger partial charge in [-0.2, -0.15) is 0 Å². The Morgan fingerprint density at radius 2 is 1.65 bits per heavy atom. The molecule has 0 saturated carbocycles. The lowest BCUT2D eigenvalue weighted by molar-refractivity contribution is -0.0152. The molecule has 1 aromatic heterocycles. The van der Waals surface area contributed by atoms with Crippen LogP contribution in [-0.4, -0.2) is 21.3 Å². The lowest BCUT2D eigenvalue weighted by atomic mass is 10.1. The zero-order valence-electron chi connectivity index (χ0n) is 11.6. The van der Waals surface area contributed by atoms with E-state index in [4.69, 9.17) is 4.74 Å². The summed E-state index contributed by atoms with van der Waals surface area (Å²) < 4.78 is 5.66. The maximum absolute atomic E-state index is 5.66. The topological polar surface area (TPSA) is 47.0 Å². The van der Waals surface area contributed by atoms with Crippen LogP contribution in [0.5, 0.6) is 0 Å². The van der Waals surface area contributed by atoms with Gasteiger partial charge in [-0.05, 0) is 41.5 Å². The van der Waals surface area contributed by atoms with Gasteiger partial charge < -0.3 is 10.1 Å². The molecule has 0 bridgehead atoms. The van der Waals surface area contributed by atoms with E-state index in [2.05, 4.69) is 36.3 Å². The van der Waals surface area contributed by atoms with Crippen molar-refractivity contribution in [2.75, 3.05) is 0 Å². The molecule has 0 radical (unpaired) electrons. The van der Waals surface area contributed by atoms with Gasteiger partial charge in [-0.3, -0.25) is 0 Å². The van der Waals surface area contributed by atoms with Crippen molar-refractivity contribution in [1.29, 1.82) is 0 Å². The van der Waals surface area contributed by atoms with Gasteiger partial charge in [-0.15, -0.1) is 10.2 Å². The highest BCUT2D eigenvalue weighted by molar-refractivity contribution is 7.11. The van der Waals surface area contributed by atoms with Crippen LogP contribution < -0.4 is 5.32 Å². The Morgan fingerprint density at radius 1 is 1.06 bits per heavy atom. The second-order valence-electron chi connectivity index (χ2n) is 6.09. The Morgan fingerprint density at radius 3 is 2.18 bits per heavy atom. The molecule has 0 saturated heterocycles. The minimum Gasteiger partial charge on any atom is -0.369 e. The molecule has 0 aliphatic carbocycles. The first-order valence-electron chi connectivity index (χ1n) is 5.86. The molecular formula is C12H23N3OS. The monoisotopic (exact) mass is 257 g/mol. The zero-order chi connectivity index (χ0) is 13.1. The number of nitrogens with zero attached hydrogens (tertiary/aromatic N) is 2. The quantitative estimate of drug-likeness (QED) is 0.901. The van der Waals surface area contributed by atoms with E-state index < -0.39 is 0 Å². The third-order valence-corrected chi connectivity index (χ3v) is 2.80. The van der Waals surface area contributed by atoms with E-state index in [0.717, 1.165) is 16.6 Å². The molecule has 0 aliphatic rings. The number of ether oxygens (including phenoxy) is 1. The van der Waals surface area contributed by atoms with Crippen LogP contribution in [0.1, 0.15) is 51.6 Å². The van der Waals surface area contributed by atoms with Crippen molar-refractivity contribution in [2.45, 2.75) is 65.8 Å². The van der Waals surface area contributed by atoms with Gasteiger partial charge in [0.1, 0.15) is 16.6 Å². The predicted molar refractivity (Wildman–Crippen MR) is 71.0 cm³/mol. The Labute approximate surface area is 108 Å². The largest absolute Gasteiger partial charge is 0.369 e. The van der Waals surface area contributed by atoms with Crippen molar-refractivity contribution in [3.63, 3.8) is 0 Å². The highest BCUT2D eigenvalue weighted by atomic mass is 32.1. The van der Waals surface area contributed by atoms with Crippen molar-refractivity contribution in [3.05, 3.63) is 10.0 Å². The Bertz CT molecular complexity index is 317. The zero-order valence-corrected chi connectivity index (χ0v) is 12.4. The SMILES string of the molecule is CC(C)(C)NCc1nnc(COC(C)(C)C)s1. The van der Waals surface area contributed by atoms with Crippen LogP contribution in [0.4, 0.5) is 0 Å². The second kappa shape index (κ2) is 5.42. The van der Waals surface area contributed by atoms with Crippen molar-refractivity contribution in [3.8, 4) is 0 Å². The first kappa shape index (κ1) is 14.5. The van der Waals surface area contributed by atoms with Crippen LogP contribution in [0.3, 0.4) is 0 Å². The van der Waals surface area contributed by atoms with Crippen LogP contribution in [-0.2, 0) is 17.9 Å². The van der Waals surface area contributed by atoms with Crippen molar-refractivity contribution >= 4 is 11.3 Å². The summed E-state index contributed by atoms with van der Waals surface area (Å²) in [5.74, 6) is 0. The van der Waals surface area contributed by atoms with Gasteiger partial charge in [-0.1, -0.05) is 11.3 Å². The fraction of sp³-hybridized carbons (Fsp3) is 0.833. The summed E-state index contributed by atoms with van der Waals surface area (Å²) in [6, 6.07) is 0. The Kier molecular flexibility index (Phi) is 4.63. The van der Waals surface area contributed by atoms with Crippen LogP contribution in [0.15, 0.2) is 0 Å². The summed E-state index contributed by atoms with van der Waals surface area (Å²) >= 11 is 1.60. The maximum Gasteiger partial charge on any atom is 0.143 e. The van der Waals surface area contributed by atoms with Gasteiger partial charge in [0, 0.05) is 5.54 Å². The average molecular weight is 257 g/mol. The van der Waals surface area contributed by atoms with Crippen LogP contribution in [0.2, 0.25) is 0 Å². The molecule has 0 aliphatic heterocycles. The predicted octanol–water partition coefficient (Wildman–Crippen LogP) is 2.74. The maximum atomic E-state index is 5.66. The molecule has 1 aromatic rings. The first-order valence-corrected chi connectivity index (χ1v) is 6.68. The Balaban J connectivity index is 2.43. The molecule has 98 valence electrons. The second-order valence-corrected chi connectivity index (χ2v) is 7.24. The van der Waals surface area contributed by atoms with E-state index in [0.29, 0.717) is 6.61 Å². The molecule has 4 nitrogen and oxygen atoms in total. The minimum atomic E-state index is -0.129. The fourth-order valence-electron chi connectivity index (χ4n) is 1.04. The summed E-state index contributed by atoms with van der Waals surface area (Å²) in [6.07, 6.45) is 0. The van der Waals surface area contributed by atoms with Gasteiger partial charge >= 0.3 is 0 Å². The average Bonchev–Trinajstić information content (AvgIpc) is 2.57. The number of aromatic nitrogens is 2. The molecule has 0 unspecified atom stereocenters. The lowest BCUT2D eigenvalue weighted by Crippen LogP contribution is -2.35. The molecule has 17 heavy (non-hydrogen) atoms. The fourth-order valence-corrected chi connectivity index (χ4v) is 1.73. The number of nitrogens with one attached hydrogen (secondary N) is 1. The standard InChI is InChI=1S/C12H23N3OS/c1-11(2,3)13-7-9-14-15-10(17-9)8-16-12(4,5)6/h13H,7-8H2,1-6H3. The van der Waals surface area contributed by atoms with E-state index in [-0.39, 0.29) is 11.1 Å². The summed E-state index contributed by atoms with van der Waals surface area (Å²) in [4.78, 5) is 0. The van der Waals surface area contributed by atoms with E-state index in [9.17, 15) is 0 Å². The van der Waals surface area contributed by atoms with Gasteiger partial charge in [0.25, 0.3) is 0 Å². The third kappa shape index (κ3) is 6.71. The first-order chi connectivity index (χ1) is 7.66. The highest BCUT2D eigenvalue weighted by Crippen LogP contribution is 2.15. The van der Waals surface area contributed by atoms with Crippen LogP contribution >= 0.6 is 11.3 Å². The molecule has 0 fully saturated rings. The molecule has 1 N–H and O–H groups in total. The Hall–Kier alpha value is -0.520. The minimum absolute atomic E-state index is 0.105. The van der Waals surface area contributed by atoms with E-state index in [1.54, 1.807) is 11.3 Å². The van der Waals surface area contributed by atoms with Crippen molar-refractivity contribution in [2.24, 2.45) is 0 Å². The summed E-state index contributed by atoms with van der Waals surface area (Å²) in [6.45, 7) is 13.8. The van der Waals surface area contributed by atoms with Crippen molar-refractivity contribution in [1.82, 2.24) is 15.5 Å². The summed E-state index contributed by atoms with van der Waals surface area (Å²) in [5, 5.41) is 13.6. The van der Waals surface area contributed by atoms with Crippen LogP contribution in [0.25, 0.3) is 0 Å². The summed E-state index contributed by atoms with van der Waals surface area (Å²) in [7, 11) is 0. The molecule has 0 atom stereocenters. The molecule has 5 heteroatoms. The van der Waals surface area contributed by atoms with E-state index in [1.807, 2.05) is 20.8 Å². The number of hydrogen-bond acceptors (Lipinski definition) is 5. The van der Waals surface area contributed by atoms with Gasteiger partial charge in [0.05, 0.1) is 12.1 Å². The molecule has 0 spiro atoms. The normalized spacial score (nSPS) is 13.1. The lowest BCUT2D eigenvalue weighted by Gasteiger charge is -2.19. The molecule has 0 aromatic carbocycles. The molecular weight excluding hydrogens is 234 g/mol. The smallest absolute Gasteiger partial charge is 0.143 e. The number of hydrogen-bond donors (Lipinski definition) is 1. The van der Waals surface area contributed by atoms with Gasteiger partial charge in [0.2, 0.25) is 0 Å². The number of rotatable bonds is 4. The van der Waals surface area contributed by atoms with E-state index >= 15 is 0 Å². The van der Waals surface area contributed by atoms with Gasteiger partial charge in [0.15, 0.2) is 0 Å². The van der Waals surface area contributed by atoms with E-state index in [1.165, 1.54) is 0 Å². The van der Waals surface area contributed by atoms with Crippen molar-refractivity contribution < 1.29 is 4.74 Å². The highest BCUT2D eigenvalue weighted by Gasteiger charge is 2.14. The molecule has 1 rings (SSSR count). The summed E-state index contributed by atoms with van der Waals surface area (Å²) in [5.41, 5.74) is -0.0246. The van der Waals surface area contributed by atoms with Crippen LogP contribution in [0, 0.1) is 0 Å². The van der Waals surface area contributed by atoms with Gasteiger partial charge in [-0.25, -0.2) is 0 Å². The molecule has 1 heterocycles. The molecule has 0 amide bonds.